The zero-order valence-electron chi connectivity index (χ0n) is 9.43. The number of ether oxygens (including phenoxy) is 1. The zero-order chi connectivity index (χ0) is 12.7. The van der Waals surface area contributed by atoms with Crippen LogP contribution in [-0.2, 0) is 15.3 Å². The Morgan fingerprint density at radius 3 is 2.94 bits per heavy atom. The minimum atomic E-state index is -0.597. The third-order valence-electron chi connectivity index (χ3n) is 1.81. The molecule has 94 valence electrons. The average Bonchev–Trinajstić information content (AvgIpc) is 2.32. The molecule has 1 rings (SSSR count). The highest BCUT2D eigenvalue weighted by Crippen LogP contribution is 2.11. The monoisotopic (exact) mass is 275 g/mol. The van der Waals surface area contributed by atoms with Crippen molar-refractivity contribution >= 4 is 29.3 Å². The van der Waals surface area contributed by atoms with Crippen LogP contribution >= 0.6 is 23.4 Å². The number of esters is 1. The van der Waals surface area contributed by atoms with Gasteiger partial charge in [-0.15, -0.1) is 0 Å². The van der Waals surface area contributed by atoms with Crippen molar-refractivity contribution in [2.45, 2.75) is 18.7 Å². The number of nitrogens with two attached hydrogens (primary N) is 1. The van der Waals surface area contributed by atoms with Crippen LogP contribution in [0.5, 0.6) is 0 Å². The number of hydrogen-bond acceptors (Lipinski definition) is 6. The van der Waals surface area contributed by atoms with Gasteiger partial charge < -0.3 is 10.5 Å². The zero-order valence-corrected chi connectivity index (χ0v) is 11.0. The second kappa shape index (κ2) is 7.47. The summed E-state index contributed by atoms with van der Waals surface area (Å²) < 4.78 is 4.80. The summed E-state index contributed by atoms with van der Waals surface area (Å²) in [6.45, 7) is 2.10. The molecule has 0 saturated carbocycles. The third-order valence-corrected chi connectivity index (χ3v) is 3.10. The lowest BCUT2D eigenvalue weighted by Gasteiger charge is -2.09. The highest BCUT2D eigenvalue weighted by molar-refractivity contribution is 7.98. The van der Waals surface area contributed by atoms with Gasteiger partial charge in [-0.1, -0.05) is 11.6 Å². The molecule has 5 nitrogen and oxygen atoms in total. The van der Waals surface area contributed by atoms with E-state index < -0.39 is 6.04 Å². The van der Waals surface area contributed by atoms with E-state index in [4.69, 9.17) is 22.1 Å². The van der Waals surface area contributed by atoms with Gasteiger partial charge in [0.2, 0.25) is 0 Å². The van der Waals surface area contributed by atoms with E-state index in [1.807, 2.05) is 0 Å². The van der Waals surface area contributed by atoms with Gasteiger partial charge in [0.05, 0.1) is 24.7 Å². The van der Waals surface area contributed by atoms with Gasteiger partial charge in [-0.2, -0.15) is 11.8 Å². The van der Waals surface area contributed by atoms with Gasteiger partial charge >= 0.3 is 5.97 Å². The molecular weight excluding hydrogens is 262 g/mol. The second-order valence-corrected chi connectivity index (χ2v) is 4.62. The fourth-order valence-electron chi connectivity index (χ4n) is 1.02. The van der Waals surface area contributed by atoms with Crippen LogP contribution in [0.4, 0.5) is 0 Å². The Morgan fingerprint density at radius 2 is 2.35 bits per heavy atom. The van der Waals surface area contributed by atoms with Gasteiger partial charge in [0, 0.05) is 11.5 Å². The van der Waals surface area contributed by atoms with E-state index in [-0.39, 0.29) is 5.97 Å². The van der Waals surface area contributed by atoms with Crippen LogP contribution < -0.4 is 5.73 Å². The Bertz CT molecular complexity index is 361. The minimum absolute atomic E-state index is 0.347. The molecule has 0 spiro atoms. The van der Waals surface area contributed by atoms with E-state index in [9.17, 15) is 4.79 Å². The molecule has 0 amide bonds. The number of carbonyl (C=O) groups is 1. The lowest BCUT2D eigenvalue weighted by molar-refractivity contribution is -0.144. The predicted molar refractivity (Wildman–Crippen MR) is 67.8 cm³/mol. The summed E-state index contributed by atoms with van der Waals surface area (Å²) in [7, 11) is 0. The van der Waals surface area contributed by atoms with Gasteiger partial charge in [-0.25, -0.2) is 4.98 Å². The summed E-state index contributed by atoms with van der Waals surface area (Å²) >= 11 is 7.11. The molecule has 0 aliphatic carbocycles. The van der Waals surface area contributed by atoms with Crippen LogP contribution in [0.1, 0.15) is 12.6 Å². The van der Waals surface area contributed by atoms with E-state index in [1.165, 1.54) is 18.0 Å². The summed E-state index contributed by atoms with van der Waals surface area (Å²) in [5, 5.41) is 0.363. The van der Waals surface area contributed by atoms with E-state index in [0.717, 1.165) is 5.69 Å². The standard InChI is InChI=1S/C10H14ClN3O2S/c1-2-16-10(15)8(12)6-17-5-7-3-14-9(11)4-13-7/h3-4,8H,2,5-6,12H2,1H3. The molecule has 2 N–H and O–H groups in total. The van der Waals surface area contributed by atoms with Crippen LogP contribution in [0, 0.1) is 0 Å². The molecule has 0 saturated heterocycles. The molecule has 7 heteroatoms. The normalized spacial score (nSPS) is 12.2. The Balaban J connectivity index is 2.27. The third kappa shape index (κ3) is 5.34. The highest BCUT2D eigenvalue weighted by Gasteiger charge is 2.14. The predicted octanol–water partition coefficient (Wildman–Crippen LogP) is 1.25. The largest absolute Gasteiger partial charge is 0.465 e. The first-order valence-electron chi connectivity index (χ1n) is 5.10. The maximum absolute atomic E-state index is 11.2. The summed E-state index contributed by atoms with van der Waals surface area (Å²) in [5.74, 6) is 0.752. The quantitative estimate of drug-likeness (QED) is 0.788. The van der Waals surface area contributed by atoms with Crippen LogP contribution in [0.25, 0.3) is 0 Å². The fraction of sp³-hybridized carbons (Fsp3) is 0.500. The molecule has 1 atom stereocenters. The van der Waals surface area contributed by atoms with Crippen molar-refractivity contribution < 1.29 is 9.53 Å². The highest BCUT2D eigenvalue weighted by atomic mass is 35.5. The van der Waals surface area contributed by atoms with Crippen molar-refractivity contribution in [1.82, 2.24) is 9.97 Å². The summed E-state index contributed by atoms with van der Waals surface area (Å²) in [4.78, 5) is 19.2. The number of carbonyl (C=O) groups excluding carboxylic acids is 1. The fourth-order valence-corrected chi connectivity index (χ4v) is 1.99. The van der Waals surface area contributed by atoms with E-state index in [2.05, 4.69) is 9.97 Å². The van der Waals surface area contributed by atoms with E-state index >= 15 is 0 Å². The Labute approximate surface area is 109 Å². The number of hydrogen-bond donors (Lipinski definition) is 1. The SMILES string of the molecule is CCOC(=O)C(N)CSCc1cnc(Cl)cn1. The van der Waals surface area contributed by atoms with E-state index in [1.54, 1.807) is 13.1 Å². The lowest BCUT2D eigenvalue weighted by atomic mass is 10.4. The molecule has 0 bridgehead atoms. The number of aromatic nitrogens is 2. The minimum Gasteiger partial charge on any atom is -0.465 e. The summed E-state index contributed by atoms with van der Waals surface area (Å²) in [6, 6.07) is -0.597. The molecule has 17 heavy (non-hydrogen) atoms. The number of thioether (sulfide) groups is 1. The average molecular weight is 276 g/mol. The first-order valence-corrected chi connectivity index (χ1v) is 6.63. The molecule has 1 unspecified atom stereocenters. The van der Waals surface area contributed by atoms with Crippen LogP contribution in [-0.4, -0.2) is 34.3 Å². The molecular formula is C10H14ClN3O2S. The number of nitrogens with zero attached hydrogens (tertiary/aromatic N) is 2. The van der Waals surface area contributed by atoms with Crippen molar-refractivity contribution in [3.05, 3.63) is 23.2 Å². The number of rotatable bonds is 6. The van der Waals surface area contributed by atoms with Gasteiger partial charge in [0.25, 0.3) is 0 Å². The van der Waals surface area contributed by atoms with Crippen molar-refractivity contribution in [1.29, 1.82) is 0 Å². The van der Waals surface area contributed by atoms with Crippen molar-refractivity contribution in [2.24, 2.45) is 5.73 Å². The molecule has 1 aromatic heterocycles. The molecule has 0 aromatic carbocycles. The Hall–Kier alpha value is -0.850. The maximum atomic E-state index is 11.2. The van der Waals surface area contributed by atoms with E-state index in [0.29, 0.717) is 23.3 Å². The van der Waals surface area contributed by atoms with Crippen molar-refractivity contribution in [2.75, 3.05) is 12.4 Å². The van der Waals surface area contributed by atoms with Crippen LogP contribution in [0.2, 0.25) is 5.15 Å². The molecule has 0 aliphatic heterocycles. The molecule has 0 aliphatic rings. The lowest BCUT2D eigenvalue weighted by Crippen LogP contribution is -2.34. The van der Waals surface area contributed by atoms with Crippen molar-refractivity contribution in [3.8, 4) is 0 Å². The first-order chi connectivity index (χ1) is 8.13. The molecule has 1 heterocycles. The second-order valence-electron chi connectivity index (χ2n) is 3.20. The summed E-state index contributed by atoms with van der Waals surface area (Å²) in [6.07, 6.45) is 3.09. The smallest absolute Gasteiger partial charge is 0.323 e. The van der Waals surface area contributed by atoms with Crippen LogP contribution in [0.3, 0.4) is 0 Å². The first kappa shape index (κ1) is 14.2. The topological polar surface area (TPSA) is 78.1 Å². The Kier molecular flexibility index (Phi) is 6.25. The van der Waals surface area contributed by atoms with Crippen molar-refractivity contribution in [3.63, 3.8) is 0 Å². The van der Waals surface area contributed by atoms with Gasteiger partial charge in [0.15, 0.2) is 0 Å². The molecule has 1 aromatic rings. The Morgan fingerprint density at radius 1 is 1.59 bits per heavy atom. The molecule has 0 fully saturated rings. The van der Waals surface area contributed by atoms with Crippen LogP contribution in [0.15, 0.2) is 12.4 Å². The van der Waals surface area contributed by atoms with Gasteiger partial charge in [-0.3, -0.25) is 9.78 Å². The number of halogens is 1. The summed E-state index contributed by atoms with van der Waals surface area (Å²) in [5.41, 5.74) is 6.44. The van der Waals surface area contributed by atoms with Gasteiger partial charge in [0.1, 0.15) is 11.2 Å². The van der Waals surface area contributed by atoms with Gasteiger partial charge in [-0.05, 0) is 6.92 Å². The molecule has 0 radical (unpaired) electrons. The maximum Gasteiger partial charge on any atom is 0.323 e.